The molecule has 9 nitrogen and oxygen atoms in total. The number of rotatable bonds is 7. The van der Waals surface area contributed by atoms with E-state index < -0.39 is 54.4 Å². The molecule has 1 aliphatic rings. The predicted molar refractivity (Wildman–Crippen MR) is 155 cm³/mol. The van der Waals surface area contributed by atoms with Crippen molar-refractivity contribution in [3.8, 4) is 0 Å². The highest BCUT2D eigenvalue weighted by Crippen LogP contribution is 2.28. The van der Waals surface area contributed by atoms with Crippen molar-refractivity contribution in [3.05, 3.63) is 69.3 Å². The molecule has 0 fully saturated rings. The smallest absolute Gasteiger partial charge is 0.334 e. The van der Waals surface area contributed by atoms with Crippen molar-refractivity contribution in [1.29, 1.82) is 0 Å². The normalized spacial score (nSPS) is 26.9. The molecule has 0 saturated carbocycles. The average Bonchev–Trinajstić information content (AvgIpc) is 3.37. The number of fused-ring (bicyclic) bond motifs is 2. The topological polar surface area (TPSA) is 161 Å². The number of aliphatic hydroxyl groups excluding tert-OH is 6. The first-order chi connectivity index (χ1) is 18.9. The van der Waals surface area contributed by atoms with E-state index in [-0.39, 0.29) is 25.0 Å². The molecule has 2 bridgehead atoms. The summed E-state index contributed by atoms with van der Waals surface area (Å²) < 4.78 is 5.62. The lowest BCUT2D eigenvalue weighted by Crippen LogP contribution is -2.46. The van der Waals surface area contributed by atoms with Crippen LogP contribution in [0, 0.1) is 5.92 Å². The number of aliphatic hydroxyl groups is 6. The van der Waals surface area contributed by atoms with E-state index in [2.05, 4.69) is 4.98 Å². The van der Waals surface area contributed by atoms with Gasteiger partial charge in [-0.05, 0) is 39.3 Å². The molecule has 0 aliphatic carbocycles. The Morgan fingerprint density at radius 2 is 1.93 bits per heavy atom. The molecule has 1 aromatic heterocycles. The summed E-state index contributed by atoms with van der Waals surface area (Å²) >= 11 is 1.21. The number of cyclic esters (lactones) is 1. The van der Waals surface area contributed by atoms with Crippen LogP contribution in [0.1, 0.15) is 64.1 Å². The minimum atomic E-state index is -1.51. The van der Waals surface area contributed by atoms with Gasteiger partial charge in [0.05, 0.1) is 42.6 Å². The standard InChI is InChI=1S/C30H43NO8S/c1-6-17(2)12-18(3)26(35)20(5)27(36)28(37)25-11-9-7-8-10-22(33)14-24(34)23(15-32)29-31-21(16-40-29)13-19(4)30(38)39-25/h6-10,12-13,16,20,22-28,32-37H,11,14-15H2,1-5H3. The lowest BCUT2D eigenvalue weighted by molar-refractivity contribution is -0.158. The quantitative estimate of drug-likeness (QED) is 0.211. The summed E-state index contributed by atoms with van der Waals surface area (Å²) in [6.07, 6.45) is 4.33. The number of hydrogen-bond acceptors (Lipinski definition) is 10. The summed E-state index contributed by atoms with van der Waals surface area (Å²) in [6.45, 7) is 8.29. The largest absolute Gasteiger partial charge is 0.456 e. The Kier molecular flexibility index (Phi) is 13.6. The van der Waals surface area contributed by atoms with E-state index >= 15 is 0 Å². The van der Waals surface area contributed by atoms with Crippen LogP contribution in [0.4, 0.5) is 0 Å². The summed E-state index contributed by atoms with van der Waals surface area (Å²) in [6, 6.07) is 0. The maximum Gasteiger partial charge on any atom is 0.334 e. The van der Waals surface area contributed by atoms with Gasteiger partial charge in [0, 0.05) is 29.7 Å². The third-order valence-electron chi connectivity index (χ3n) is 7.04. The van der Waals surface area contributed by atoms with Crippen LogP contribution in [0.15, 0.2) is 58.6 Å². The minimum Gasteiger partial charge on any atom is -0.456 e. The number of esters is 1. The summed E-state index contributed by atoms with van der Waals surface area (Å²) in [5, 5.41) is 65.7. The molecule has 0 saturated heterocycles. The molecule has 10 heteroatoms. The van der Waals surface area contributed by atoms with Gasteiger partial charge in [-0.1, -0.05) is 49.0 Å². The molecule has 1 aromatic rings. The van der Waals surface area contributed by atoms with Crippen LogP contribution < -0.4 is 0 Å². The van der Waals surface area contributed by atoms with Gasteiger partial charge in [0.1, 0.15) is 17.2 Å². The highest BCUT2D eigenvalue weighted by Gasteiger charge is 2.35. The number of carbonyl (C=O) groups excluding carboxylic acids is 1. The minimum absolute atomic E-state index is 0.0177. The summed E-state index contributed by atoms with van der Waals surface area (Å²) in [7, 11) is 0. The van der Waals surface area contributed by atoms with E-state index in [1.165, 1.54) is 30.4 Å². The summed E-state index contributed by atoms with van der Waals surface area (Å²) in [5.41, 5.74) is 2.19. The maximum absolute atomic E-state index is 13.0. The second kappa shape index (κ2) is 16.1. The van der Waals surface area contributed by atoms with Gasteiger partial charge in [-0.25, -0.2) is 9.78 Å². The zero-order chi connectivity index (χ0) is 30.0. The lowest BCUT2D eigenvalue weighted by Gasteiger charge is -2.32. The van der Waals surface area contributed by atoms with E-state index in [9.17, 15) is 35.4 Å². The number of thiazole rings is 1. The van der Waals surface area contributed by atoms with Crippen molar-refractivity contribution in [3.63, 3.8) is 0 Å². The Bertz CT molecular complexity index is 1120. The molecule has 6 N–H and O–H groups in total. The second-order valence-corrected chi connectivity index (χ2v) is 11.2. The monoisotopic (exact) mass is 577 g/mol. The molecule has 1 aliphatic heterocycles. The number of ether oxygens (including phenoxy) is 1. The fourth-order valence-electron chi connectivity index (χ4n) is 4.30. The van der Waals surface area contributed by atoms with Crippen LogP contribution in [0.5, 0.6) is 0 Å². The molecular weight excluding hydrogens is 534 g/mol. The molecule has 2 heterocycles. The first kappa shape index (κ1) is 33.8. The Labute approximate surface area is 240 Å². The second-order valence-electron chi connectivity index (χ2n) is 10.3. The van der Waals surface area contributed by atoms with E-state index in [0.29, 0.717) is 16.3 Å². The SMILES string of the molecule is CC=C(C)C=C(C)C(O)C(C)C(O)C(O)C1CC=CC=CC(O)CC(O)C(CO)c2nc(cs2)C=C(C)C(=O)O1. The van der Waals surface area contributed by atoms with Gasteiger partial charge < -0.3 is 35.4 Å². The van der Waals surface area contributed by atoms with Crippen molar-refractivity contribution >= 4 is 23.4 Å². The van der Waals surface area contributed by atoms with Crippen LogP contribution >= 0.6 is 11.3 Å². The maximum atomic E-state index is 13.0. The van der Waals surface area contributed by atoms with E-state index in [1.54, 1.807) is 43.5 Å². The van der Waals surface area contributed by atoms with E-state index in [4.69, 9.17) is 4.74 Å². The van der Waals surface area contributed by atoms with Crippen molar-refractivity contribution in [2.75, 3.05) is 6.61 Å². The van der Waals surface area contributed by atoms with Gasteiger partial charge in [-0.3, -0.25) is 0 Å². The molecule has 8 unspecified atom stereocenters. The molecular formula is C30H43NO8S. The number of nitrogens with zero attached hydrogens (tertiary/aromatic N) is 1. The highest BCUT2D eigenvalue weighted by atomic mass is 32.1. The van der Waals surface area contributed by atoms with E-state index in [0.717, 1.165) is 5.57 Å². The van der Waals surface area contributed by atoms with Gasteiger partial charge >= 0.3 is 5.97 Å². The van der Waals surface area contributed by atoms with E-state index in [1.807, 2.05) is 19.9 Å². The van der Waals surface area contributed by atoms with Crippen molar-refractivity contribution in [2.45, 2.75) is 90.0 Å². The first-order valence-electron chi connectivity index (χ1n) is 13.4. The molecule has 8 atom stereocenters. The number of allylic oxidation sites excluding steroid dienone is 5. The van der Waals surface area contributed by atoms with Gasteiger partial charge in [0.2, 0.25) is 0 Å². The zero-order valence-corrected chi connectivity index (χ0v) is 24.5. The van der Waals surface area contributed by atoms with Crippen molar-refractivity contribution in [1.82, 2.24) is 4.98 Å². The zero-order valence-electron chi connectivity index (χ0n) is 23.7. The molecule has 0 amide bonds. The Morgan fingerprint density at radius 1 is 1.23 bits per heavy atom. The number of hydrogen-bond donors (Lipinski definition) is 6. The predicted octanol–water partition coefficient (Wildman–Crippen LogP) is 2.79. The van der Waals surface area contributed by atoms with Gasteiger partial charge in [0.15, 0.2) is 0 Å². The van der Waals surface area contributed by atoms with Crippen LogP contribution in [-0.2, 0) is 9.53 Å². The molecule has 40 heavy (non-hydrogen) atoms. The van der Waals surface area contributed by atoms with Crippen LogP contribution in [-0.4, -0.2) is 84.8 Å². The van der Waals surface area contributed by atoms with Gasteiger partial charge in [0.25, 0.3) is 0 Å². The molecule has 0 spiro atoms. The first-order valence-corrected chi connectivity index (χ1v) is 14.3. The third-order valence-corrected chi connectivity index (χ3v) is 8.03. The lowest BCUT2D eigenvalue weighted by atomic mass is 9.87. The van der Waals surface area contributed by atoms with Crippen molar-refractivity contribution in [2.24, 2.45) is 5.92 Å². The molecule has 2 rings (SSSR count). The fraction of sp³-hybridized carbons (Fsp3) is 0.533. The van der Waals surface area contributed by atoms with Crippen LogP contribution in [0.25, 0.3) is 6.08 Å². The van der Waals surface area contributed by atoms with Gasteiger partial charge in [-0.2, -0.15) is 0 Å². The number of aromatic nitrogens is 1. The van der Waals surface area contributed by atoms with Gasteiger partial charge in [-0.15, -0.1) is 11.3 Å². The third kappa shape index (κ3) is 9.59. The summed E-state index contributed by atoms with van der Waals surface area (Å²) in [4.78, 5) is 17.4. The highest BCUT2D eigenvalue weighted by molar-refractivity contribution is 7.09. The Morgan fingerprint density at radius 3 is 2.58 bits per heavy atom. The summed E-state index contributed by atoms with van der Waals surface area (Å²) in [5.74, 6) is -2.19. The van der Waals surface area contributed by atoms with Crippen molar-refractivity contribution < 1.29 is 40.2 Å². The Hall–Kier alpha value is -2.44. The van der Waals surface area contributed by atoms with Crippen LogP contribution in [0.2, 0.25) is 0 Å². The molecule has 0 aromatic carbocycles. The number of carbonyl (C=O) groups is 1. The van der Waals surface area contributed by atoms with Crippen LogP contribution in [0.3, 0.4) is 0 Å². The fourth-order valence-corrected chi connectivity index (χ4v) is 5.23. The molecule has 0 radical (unpaired) electrons. The molecule has 222 valence electrons. The average molecular weight is 578 g/mol. The Balaban J connectivity index is 2.35.